The third-order valence-corrected chi connectivity index (χ3v) is 3.26. The zero-order valence-electron chi connectivity index (χ0n) is 9.72. The molecule has 1 aromatic heterocycles. The highest BCUT2D eigenvalue weighted by Crippen LogP contribution is 2.38. The zero-order valence-corrected chi connectivity index (χ0v) is 9.72. The van der Waals surface area contributed by atoms with E-state index in [1.54, 1.807) is 0 Å². The Hall–Kier alpha value is -1.51. The third-order valence-electron chi connectivity index (χ3n) is 3.26. The first-order chi connectivity index (χ1) is 8.37. The van der Waals surface area contributed by atoms with Crippen molar-refractivity contribution < 1.29 is 14.6 Å². The van der Waals surface area contributed by atoms with Crippen LogP contribution in [-0.4, -0.2) is 44.6 Å². The van der Waals surface area contributed by atoms with Crippen molar-refractivity contribution >= 4 is 5.95 Å². The van der Waals surface area contributed by atoms with E-state index in [0.717, 1.165) is 6.20 Å². The van der Waals surface area contributed by atoms with Gasteiger partial charge in [-0.25, -0.2) is 9.37 Å². The molecule has 0 spiro atoms. The van der Waals surface area contributed by atoms with Gasteiger partial charge in [-0.15, -0.1) is 0 Å². The summed E-state index contributed by atoms with van der Waals surface area (Å²) in [6.45, 7) is 0.734. The molecule has 0 amide bonds. The number of aliphatic hydroxyl groups excluding tert-OH is 2. The largest absolute Gasteiger partial charge is 0.395 e. The third kappa shape index (κ3) is 1.88. The van der Waals surface area contributed by atoms with Gasteiger partial charge in [0.25, 0.3) is 5.56 Å². The number of aromatic amines is 1. The van der Waals surface area contributed by atoms with Gasteiger partial charge in [0.15, 0.2) is 11.6 Å². The summed E-state index contributed by atoms with van der Waals surface area (Å²) in [4.78, 5) is 17.6. The fourth-order valence-corrected chi connectivity index (χ4v) is 2.20. The molecule has 0 saturated carbocycles. The van der Waals surface area contributed by atoms with Crippen LogP contribution in [-0.2, 0) is 0 Å². The van der Waals surface area contributed by atoms with Crippen molar-refractivity contribution in [1.82, 2.24) is 15.3 Å². The number of nitrogens with one attached hydrogen (secondary N) is 2. The molecule has 1 aliphatic heterocycles. The Bertz CT molecular complexity index is 504. The van der Waals surface area contributed by atoms with Crippen molar-refractivity contribution in [3.63, 3.8) is 0 Å². The number of nitrogens with two attached hydrogens (primary N) is 1. The van der Waals surface area contributed by atoms with Crippen LogP contribution in [0.1, 0.15) is 18.5 Å². The SMILES string of the molecule is C[C@@]1(F)[C@H](O)[C@@H](CO)N[C@H]1c1cnc(N)[nH]c1=O. The van der Waals surface area contributed by atoms with Crippen LogP contribution in [0.3, 0.4) is 0 Å². The smallest absolute Gasteiger partial charge is 0.257 e. The fraction of sp³-hybridized carbons (Fsp3) is 0.600. The number of halogens is 1. The molecule has 0 unspecified atom stereocenters. The van der Waals surface area contributed by atoms with Crippen LogP contribution in [0, 0.1) is 0 Å². The maximum Gasteiger partial charge on any atom is 0.257 e. The van der Waals surface area contributed by atoms with Gasteiger partial charge >= 0.3 is 0 Å². The van der Waals surface area contributed by atoms with E-state index in [4.69, 9.17) is 10.8 Å². The molecule has 6 N–H and O–H groups in total. The van der Waals surface area contributed by atoms with Crippen LogP contribution < -0.4 is 16.6 Å². The first-order valence-corrected chi connectivity index (χ1v) is 5.46. The Morgan fingerprint density at radius 2 is 2.33 bits per heavy atom. The van der Waals surface area contributed by atoms with E-state index >= 15 is 0 Å². The van der Waals surface area contributed by atoms with Gasteiger partial charge in [-0.2, -0.15) is 0 Å². The Morgan fingerprint density at radius 1 is 1.67 bits per heavy atom. The predicted molar refractivity (Wildman–Crippen MR) is 61.5 cm³/mol. The summed E-state index contributed by atoms with van der Waals surface area (Å²) in [7, 11) is 0. The van der Waals surface area contributed by atoms with Gasteiger partial charge in [0.05, 0.1) is 24.3 Å². The van der Waals surface area contributed by atoms with Gasteiger partial charge in [0.2, 0.25) is 0 Å². The highest BCUT2D eigenvalue weighted by atomic mass is 19.1. The molecule has 1 saturated heterocycles. The van der Waals surface area contributed by atoms with Gasteiger partial charge in [-0.05, 0) is 6.92 Å². The number of hydrogen-bond donors (Lipinski definition) is 5. The van der Waals surface area contributed by atoms with Gasteiger partial charge in [0, 0.05) is 6.20 Å². The van der Waals surface area contributed by atoms with E-state index in [9.17, 15) is 14.3 Å². The van der Waals surface area contributed by atoms with E-state index in [-0.39, 0.29) is 11.5 Å². The van der Waals surface area contributed by atoms with Crippen molar-refractivity contribution in [2.45, 2.75) is 30.8 Å². The number of aliphatic hydroxyl groups is 2. The number of nitrogen functional groups attached to an aromatic ring is 1. The van der Waals surface area contributed by atoms with Gasteiger partial charge in [-0.1, -0.05) is 0 Å². The van der Waals surface area contributed by atoms with E-state index in [2.05, 4.69) is 15.3 Å². The zero-order chi connectivity index (χ0) is 13.5. The maximum absolute atomic E-state index is 14.4. The highest BCUT2D eigenvalue weighted by Gasteiger charge is 2.53. The normalized spacial score (nSPS) is 35.9. The van der Waals surface area contributed by atoms with Crippen LogP contribution >= 0.6 is 0 Å². The molecule has 8 heteroatoms. The van der Waals surface area contributed by atoms with Crippen molar-refractivity contribution in [2.24, 2.45) is 0 Å². The quantitative estimate of drug-likeness (QED) is 0.437. The predicted octanol–water partition coefficient (Wildman–Crippen LogP) is -1.55. The minimum atomic E-state index is -2.09. The molecule has 100 valence electrons. The number of rotatable bonds is 2. The number of nitrogens with zero attached hydrogens (tertiary/aromatic N) is 1. The number of H-pyrrole nitrogens is 1. The topological polar surface area (TPSA) is 124 Å². The summed E-state index contributed by atoms with van der Waals surface area (Å²) in [5.41, 5.74) is 2.68. The second-order valence-electron chi connectivity index (χ2n) is 4.54. The molecule has 4 atom stereocenters. The lowest BCUT2D eigenvalue weighted by Crippen LogP contribution is -2.40. The Morgan fingerprint density at radius 3 is 2.83 bits per heavy atom. The summed E-state index contributed by atoms with van der Waals surface area (Å²) in [6, 6.07) is -1.89. The Labute approximate surface area is 102 Å². The molecule has 7 nitrogen and oxygen atoms in total. The minimum Gasteiger partial charge on any atom is -0.395 e. The second-order valence-corrected chi connectivity index (χ2v) is 4.54. The number of anilines is 1. The number of hydrogen-bond acceptors (Lipinski definition) is 6. The fourth-order valence-electron chi connectivity index (χ4n) is 2.20. The van der Waals surface area contributed by atoms with Gasteiger partial charge in [-0.3, -0.25) is 15.1 Å². The lowest BCUT2D eigenvalue weighted by molar-refractivity contribution is 0.00480. The van der Waals surface area contributed by atoms with E-state index in [0.29, 0.717) is 0 Å². The van der Waals surface area contributed by atoms with Crippen molar-refractivity contribution in [3.05, 3.63) is 22.1 Å². The first kappa shape index (κ1) is 12.9. The van der Waals surface area contributed by atoms with Crippen molar-refractivity contribution in [1.29, 1.82) is 0 Å². The monoisotopic (exact) mass is 258 g/mol. The van der Waals surface area contributed by atoms with Crippen LogP contribution in [0.5, 0.6) is 0 Å². The maximum atomic E-state index is 14.4. The molecule has 0 bridgehead atoms. The average molecular weight is 258 g/mol. The summed E-state index contributed by atoms with van der Waals surface area (Å²) in [5.74, 6) is -0.0680. The highest BCUT2D eigenvalue weighted by molar-refractivity contribution is 5.25. The van der Waals surface area contributed by atoms with E-state index < -0.39 is 36.0 Å². The van der Waals surface area contributed by atoms with Crippen molar-refractivity contribution in [3.8, 4) is 0 Å². The van der Waals surface area contributed by atoms with E-state index in [1.165, 1.54) is 6.92 Å². The average Bonchev–Trinajstić information content (AvgIpc) is 2.52. The van der Waals surface area contributed by atoms with Gasteiger partial charge < -0.3 is 15.9 Å². The summed E-state index contributed by atoms with van der Waals surface area (Å²) in [5, 5.41) is 21.5. The molecule has 2 rings (SSSR count). The molecular formula is C10H15FN4O3. The van der Waals surface area contributed by atoms with Crippen molar-refractivity contribution in [2.75, 3.05) is 12.3 Å². The standard InChI is InChI=1S/C10H15FN4O3/c1-10(11)6(14-5(3-16)7(10)17)4-2-13-9(12)15-8(4)18/h2,5-7,14,16-17H,3H2,1H3,(H3,12,13,15,18)/t5-,6+,7-,10+/m1/s1. The molecule has 1 aliphatic rings. The van der Waals surface area contributed by atoms with Crippen LogP contribution in [0.2, 0.25) is 0 Å². The molecule has 1 aromatic rings. The summed E-state index contributed by atoms with van der Waals surface area (Å²) >= 11 is 0. The molecule has 0 aliphatic carbocycles. The van der Waals surface area contributed by atoms with Gasteiger partial charge in [0.1, 0.15) is 6.10 Å². The molecule has 2 heterocycles. The molecule has 1 fully saturated rings. The molecular weight excluding hydrogens is 243 g/mol. The minimum absolute atomic E-state index is 0.0317. The molecule has 0 radical (unpaired) electrons. The molecule has 0 aromatic carbocycles. The van der Waals surface area contributed by atoms with Crippen LogP contribution in [0.4, 0.5) is 10.3 Å². The lowest BCUT2D eigenvalue weighted by atomic mass is 9.91. The number of aromatic nitrogens is 2. The molecule has 18 heavy (non-hydrogen) atoms. The van der Waals surface area contributed by atoms with Crippen LogP contribution in [0.15, 0.2) is 11.0 Å². The Balaban J connectivity index is 2.42. The van der Waals surface area contributed by atoms with E-state index in [1.807, 2.05) is 0 Å². The Kier molecular flexibility index (Phi) is 3.09. The first-order valence-electron chi connectivity index (χ1n) is 5.46. The summed E-state index contributed by atoms with van der Waals surface area (Å²) < 4.78 is 14.4. The second kappa shape index (κ2) is 4.30. The summed E-state index contributed by atoms with van der Waals surface area (Å²) in [6.07, 6.45) is -0.250. The number of alkyl halides is 1. The van der Waals surface area contributed by atoms with Crippen LogP contribution in [0.25, 0.3) is 0 Å². The lowest BCUT2D eigenvalue weighted by Gasteiger charge is -2.24.